The Hall–Kier alpha value is -0.370. The van der Waals surface area contributed by atoms with Crippen LogP contribution in [0.15, 0.2) is 0 Å². The summed E-state index contributed by atoms with van der Waals surface area (Å²) < 4.78 is 0. The molecule has 0 rings (SSSR count). The molecule has 0 saturated heterocycles. The highest BCUT2D eigenvalue weighted by molar-refractivity contribution is 5.82. The van der Waals surface area contributed by atoms with Gasteiger partial charge in [-0.1, -0.05) is 27.2 Å². The van der Waals surface area contributed by atoms with E-state index in [1.165, 1.54) is 0 Å². The van der Waals surface area contributed by atoms with Crippen molar-refractivity contribution in [2.75, 3.05) is 6.54 Å². The van der Waals surface area contributed by atoms with Gasteiger partial charge in [-0.15, -0.1) is 0 Å². The highest BCUT2D eigenvalue weighted by atomic mass is 16.1. The van der Waals surface area contributed by atoms with Crippen molar-refractivity contribution in [1.82, 2.24) is 0 Å². The molecule has 0 aliphatic rings. The molecule has 0 amide bonds. The largest absolute Gasteiger partial charge is 0.330 e. The van der Waals surface area contributed by atoms with E-state index in [1.807, 2.05) is 13.8 Å². The van der Waals surface area contributed by atoms with Crippen molar-refractivity contribution in [1.29, 1.82) is 0 Å². The molecule has 2 nitrogen and oxygen atoms in total. The van der Waals surface area contributed by atoms with Crippen LogP contribution < -0.4 is 5.73 Å². The summed E-state index contributed by atoms with van der Waals surface area (Å²) in [5.74, 6) is 0.546. The van der Waals surface area contributed by atoms with Gasteiger partial charge in [0.05, 0.1) is 0 Å². The summed E-state index contributed by atoms with van der Waals surface area (Å²) in [6.45, 7) is 6.45. The van der Waals surface area contributed by atoms with E-state index >= 15 is 0 Å². The summed E-state index contributed by atoms with van der Waals surface area (Å²) in [5.41, 5.74) is 5.48. The molecule has 0 aliphatic heterocycles. The maximum Gasteiger partial charge on any atom is 0.139 e. The van der Waals surface area contributed by atoms with Gasteiger partial charge in [0.2, 0.25) is 0 Å². The van der Waals surface area contributed by atoms with Gasteiger partial charge in [-0.25, -0.2) is 0 Å². The van der Waals surface area contributed by atoms with Crippen molar-refractivity contribution in [3.8, 4) is 0 Å². The molecule has 66 valence electrons. The van der Waals surface area contributed by atoms with E-state index in [9.17, 15) is 4.79 Å². The average molecular weight is 157 g/mol. The summed E-state index contributed by atoms with van der Waals surface area (Å²) in [7, 11) is 0. The van der Waals surface area contributed by atoms with Gasteiger partial charge in [-0.3, -0.25) is 4.79 Å². The Balaban J connectivity index is 3.92. The van der Waals surface area contributed by atoms with Crippen LogP contribution in [-0.2, 0) is 4.79 Å². The molecule has 0 aromatic rings. The average Bonchev–Trinajstić information content (AvgIpc) is 1.98. The molecule has 0 heterocycles. The Bertz CT molecular complexity index is 121. The Morgan fingerprint density at radius 3 is 2.27 bits per heavy atom. The zero-order valence-corrected chi connectivity index (χ0v) is 7.76. The predicted octanol–water partition coefficient (Wildman–Crippen LogP) is 1.59. The number of carbonyl (C=O) groups is 1. The molecule has 2 N–H and O–H groups in total. The fourth-order valence-electron chi connectivity index (χ4n) is 1.20. The van der Waals surface area contributed by atoms with E-state index in [0.717, 1.165) is 12.8 Å². The van der Waals surface area contributed by atoms with Crippen LogP contribution in [0.3, 0.4) is 0 Å². The number of ketones is 1. The van der Waals surface area contributed by atoms with Crippen molar-refractivity contribution in [2.24, 2.45) is 17.6 Å². The first-order chi connectivity index (χ1) is 5.13. The van der Waals surface area contributed by atoms with Gasteiger partial charge in [-0.2, -0.15) is 0 Å². The summed E-state index contributed by atoms with van der Waals surface area (Å²) in [4.78, 5) is 11.4. The smallest absolute Gasteiger partial charge is 0.139 e. The standard InChI is InChI=1S/C9H19NO/c1-4-5-8(6-10)9(11)7(2)3/h7-8H,4-6,10H2,1-3H3. The Morgan fingerprint density at radius 2 is 2.00 bits per heavy atom. The molecule has 0 bridgehead atoms. The molecule has 0 aromatic heterocycles. The lowest BCUT2D eigenvalue weighted by Crippen LogP contribution is -2.26. The van der Waals surface area contributed by atoms with Gasteiger partial charge in [0.1, 0.15) is 5.78 Å². The normalized spacial score (nSPS) is 13.5. The van der Waals surface area contributed by atoms with E-state index < -0.39 is 0 Å². The monoisotopic (exact) mass is 157 g/mol. The molecular weight excluding hydrogens is 138 g/mol. The number of nitrogens with two attached hydrogens (primary N) is 1. The second-order valence-electron chi connectivity index (χ2n) is 3.28. The number of carbonyl (C=O) groups excluding carboxylic acids is 1. The lowest BCUT2D eigenvalue weighted by atomic mass is 9.92. The van der Waals surface area contributed by atoms with Crippen LogP contribution in [0.25, 0.3) is 0 Å². The van der Waals surface area contributed by atoms with Crippen molar-refractivity contribution >= 4 is 5.78 Å². The van der Waals surface area contributed by atoms with Crippen LogP contribution in [-0.4, -0.2) is 12.3 Å². The third-order valence-corrected chi connectivity index (χ3v) is 1.89. The molecule has 0 saturated carbocycles. The fourth-order valence-corrected chi connectivity index (χ4v) is 1.20. The summed E-state index contributed by atoms with van der Waals surface area (Å²) in [6.07, 6.45) is 1.98. The van der Waals surface area contributed by atoms with Crippen LogP contribution in [0.2, 0.25) is 0 Å². The minimum atomic E-state index is 0.0972. The number of hydrogen-bond acceptors (Lipinski definition) is 2. The van der Waals surface area contributed by atoms with Gasteiger partial charge in [-0.05, 0) is 6.42 Å². The molecule has 11 heavy (non-hydrogen) atoms. The van der Waals surface area contributed by atoms with Crippen molar-refractivity contribution in [3.05, 3.63) is 0 Å². The molecule has 0 fully saturated rings. The first kappa shape index (κ1) is 10.6. The van der Waals surface area contributed by atoms with Crippen molar-refractivity contribution < 1.29 is 4.79 Å². The number of Topliss-reactive ketones (excluding diaryl/α,β-unsaturated/α-hetero) is 1. The number of rotatable bonds is 5. The van der Waals surface area contributed by atoms with Gasteiger partial charge in [0, 0.05) is 18.4 Å². The van der Waals surface area contributed by atoms with E-state index in [4.69, 9.17) is 5.73 Å². The lowest BCUT2D eigenvalue weighted by molar-refractivity contribution is -0.125. The van der Waals surface area contributed by atoms with E-state index in [1.54, 1.807) is 0 Å². The maximum absolute atomic E-state index is 11.4. The molecule has 0 spiro atoms. The first-order valence-corrected chi connectivity index (χ1v) is 4.37. The van der Waals surface area contributed by atoms with Crippen LogP contribution in [0.1, 0.15) is 33.6 Å². The third kappa shape index (κ3) is 3.51. The maximum atomic E-state index is 11.4. The minimum absolute atomic E-state index is 0.0972. The first-order valence-electron chi connectivity index (χ1n) is 4.37. The quantitative estimate of drug-likeness (QED) is 0.658. The van der Waals surface area contributed by atoms with E-state index in [2.05, 4.69) is 6.92 Å². The van der Waals surface area contributed by atoms with E-state index in [-0.39, 0.29) is 11.8 Å². The van der Waals surface area contributed by atoms with Crippen LogP contribution in [0, 0.1) is 11.8 Å². The van der Waals surface area contributed by atoms with Gasteiger partial charge in [0.15, 0.2) is 0 Å². The highest BCUT2D eigenvalue weighted by Crippen LogP contribution is 2.11. The molecule has 0 aromatic carbocycles. The lowest BCUT2D eigenvalue weighted by Gasteiger charge is -2.14. The minimum Gasteiger partial charge on any atom is -0.330 e. The third-order valence-electron chi connectivity index (χ3n) is 1.89. The summed E-state index contributed by atoms with van der Waals surface area (Å²) in [6, 6.07) is 0. The SMILES string of the molecule is CCCC(CN)C(=O)C(C)C. The molecule has 2 heteroatoms. The van der Waals surface area contributed by atoms with Crippen LogP contribution in [0.4, 0.5) is 0 Å². The Kier molecular flexibility index (Phi) is 5.12. The van der Waals surface area contributed by atoms with Gasteiger partial charge < -0.3 is 5.73 Å². The van der Waals surface area contributed by atoms with Gasteiger partial charge in [0.25, 0.3) is 0 Å². The van der Waals surface area contributed by atoms with Crippen LogP contribution >= 0.6 is 0 Å². The van der Waals surface area contributed by atoms with Crippen molar-refractivity contribution in [2.45, 2.75) is 33.6 Å². The molecule has 1 atom stereocenters. The van der Waals surface area contributed by atoms with Crippen LogP contribution in [0.5, 0.6) is 0 Å². The topological polar surface area (TPSA) is 43.1 Å². The predicted molar refractivity (Wildman–Crippen MR) is 47.3 cm³/mol. The molecule has 0 aliphatic carbocycles. The second kappa shape index (κ2) is 5.30. The highest BCUT2D eigenvalue weighted by Gasteiger charge is 2.17. The fraction of sp³-hybridized carbons (Fsp3) is 0.889. The summed E-state index contributed by atoms with van der Waals surface area (Å²) in [5, 5.41) is 0. The molecule has 1 unspecified atom stereocenters. The summed E-state index contributed by atoms with van der Waals surface area (Å²) >= 11 is 0. The molecule has 0 radical (unpaired) electrons. The van der Waals surface area contributed by atoms with Crippen molar-refractivity contribution in [3.63, 3.8) is 0 Å². The Labute approximate surface area is 69.2 Å². The Morgan fingerprint density at radius 1 is 1.45 bits per heavy atom. The molecular formula is C9H19NO. The number of hydrogen-bond donors (Lipinski definition) is 1. The second-order valence-corrected chi connectivity index (χ2v) is 3.28. The van der Waals surface area contributed by atoms with E-state index in [0.29, 0.717) is 12.3 Å². The van der Waals surface area contributed by atoms with Gasteiger partial charge >= 0.3 is 0 Å². The zero-order chi connectivity index (χ0) is 8.85. The zero-order valence-electron chi connectivity index (χ0n) is 7.76.